The molecule has 6 nitrogen and oxygen atoms in total. The molecule has 0 saturated heterocycles. The van der Waals surface area contributed by atoms with E-state index in [2.05, 4.69) is 0 Å². The van der Waals surface area contributed by atoms with Gasteiger partial charge >= 0.3 is 12.1 Å². The molecule has 1 heterocycles. The highest BCUT2D eigenvalue weighted by molar-refractivity contribution is 6.08. The van der Waals surface area contributed by atoms with Crippen molar-refractivity contribution < 1.29 is 23.9 Å². The predicted molar refractivity (Wildman–Crippen MR) is 105 cm³/mol. The quantitative estimate of drug-likeness (QED) is 0.489. The summed E-state index contributed by atoms with van der Waals surface area (Å²) in [7, 11) is 0. The SMILES string of the molecule is CC(C)(C)OC(=O)n1c(C=O)cc2c(C(=O)OCc3ccccc3)cccc21. The number of benzene rings is 2. The molecule has 0 spiro atoms. The van der Waals surface area contributed by atoms with Gasteiger partial charge in [0.25, 0.3) is 0 Å². The lowest BCUT2D eigenvalue weighted by molar-refractivity contribution is 0.0473. The number of ether oxygens (including phenoxy) is 2. The minimum atomic E-state index is -0.722. The predicted octanol–water partition coefficient (Wildman–Crippen LogP) is 4.59. The molecule has 0 N–H and O–H groups in total. The monoisotopic (exact) mass is 379 g/mol. The fraction of sp³-hybridized carbons (Fsp3) is 0.227. The smallest absolute Gasteiger partial charge is 0.419 e. The zero-order chi connectivity index (χ0) is 20.3. The van der Waals surface area contributed by atoms with E-state index in [0.717, 1.165) is 5.56 Å². The van der Waals surface area contributed by atoms with Gasteiger partial charge in [0.15, 0.2) is 6.29 Å². The average Bonchev–Trinajstić information content (AvgIpc) is 3.04. The third-order valence-corrected chi connectivity index (χ3v) is 4.00. The molecule has 3 aromatic rings. The van der Waals surface area contributed by atoms with Crippen LogP contribution in [0.2, 0.25) is 0 Å². The molecular weight excluding hydrogens is 358 g/mol. The van der Waals surface area contributed by atoms with Gasteiger partial charge in [0.1, 0.15) is 12.2 Å². The van der Waals surface area contributed by atoms with Crippen LogP contribution < -0.4 is 0 Å². The summed E-state index contributed by atoms with van der Waals surface area (Å²) in [6, 6.07) is 15.7. The molecule has 28 heavy (non-hydrogen) atoms. The van der Waals surface area contributed by atoms with E-state index >= 15 is 0 Å². The van der Waals surface area contributed by atoms with Gasteiger partial charge in [-0.2, -0.15) is 0 Å². The Morgan fingerprint density at radius 2 is 1.75 bits per heavy atom. The van der Waals surface area contributed by atoms with Crippen LogP contribution in [0.3, 0.4) is 0 Å². The number of hydrogen-bond donors (Lipinski definition) is 0. The topological polar surface area (TPSA) is 74.6 Å². The first-order valence-electron chi connectivity index (χ1n) is 8.84. The second kappa shape index (κ2) is 7.68. The maximum absolute atomic E-state index is 12.6. The van der Waals surface area contributed by atoms with Crippen molar-refractivity contribution in [3.8, 4) is 0 Å². The molecule has 0 bridgehead atoms. The summed E-state index contributed by atoms with van der Waals surface area (Å²) in [5.41, 5.74) is 0.930. The number of esters is 1. The molecule has 1 aromatic heterocycles. The first kappa shape index (κ1) is 19.4. The number of nitrogens with zero attached hydrogens (tertiary/aromatic N) is 1. The molecule has 0 saturated carbocycles. The maximum atomic E-state index is 12.6. The highest BCUT2D eigenvalue weighted by Crippen LogP contribution is 2.25. The van der Waals surface area contributed by atoms with E-state index < -0.39 is 17.7 Å². The van der Waals surface area contributed by atoms with Crippen molar-refractivity contribution in [2.24, 2.45) is 0 Å². The van der Waals surface area contributed by atoms with Crippen LogP contribution in [-0.2, 0) is 16.1 Å². The van der Waals surface area contributed by atoms with Crippen molar-refractivity contribution in [3.63, 3.8) is 0 Å². The van der Waals surface area contributed by atoms with E-state index in [-0.39, 0.29) is 17.9 Å². The summed E-state index contributed by atoms with van der Waals surface area (Å²) in [5, 5.41) is 0.452. The molecule has 0 aliphatic rings. The van der Waals surface area contributed by atoms with E-state index in [0.29, 0.717) is 17.2 Å². The Hall–Kier alpha value is -3.41. The summed E-state index contributed by atoms with van der Waals surface area (Å²) in [6.07, 6.45) is -0.123. The van der Waals surface area contributed by atoms with Crippen LogP contribution in [0.4, 0.5) is 4.79 Å². The highest BCUT2D eigenvalue weighted by atomic mass is 16.6. The Labute approximate surface area is 162 Å². The number of carbonyl (C=O) groups is 3. The standard InChI is InChI=1S/C22H21NO5/c1-22(2,3)28-21(26)23-16(13-24)12-18-17(10-7-11-19(18)23)20(25)27-14-15-8-5-4-6-9-15/h4-13H,14H2,1-3H3. The molecular formula is C22H21NO5. The molecule has 0 fully saturated rings. The molecule has 6 heteroatoms. The summed E-state index contributed by atoms with van der Waals surface area (Å²) >= 11 is 0. The van der Waals surface area contributed by atoms with Gasteiger partial charge in [0, 0.05) is 5.39 Å². The van der Waals surface area contributed by atoms with Gasteiger partial charge in [-0.15, -0.1) is 0 Å². The van der Waals surface area contributed by atoms with Crippen molar-refractivity contribution in [3.05, 3.63) is 71.4 Å². The summed E-state index contributed by atoms with van der Waals surface area (Å²) in [4.78, 5) is 36.7. The van der Waals surface area contributed by atoms with Gasteiger partial charge in [-0.05, 0) is 44.5 Å². The number of carbonyl (C=O) groups excluding carboxylic acids is 3. The summed E-state index contributed by atoms with van der Waals surface area (Å²) in [6.45, 7) is 5.35. The average molecular weight is 379 g/mol. The minimum absolute atomic E-state index is 0.104. The first-order chi connectivity index (χ1) is 13.3. The number of hydrogen-bond acceptors (Lipinski definition) is 5. The van der Waals surface area contributed by atoms with Gasteiger partial charge in [0.2, 0.25) is 0 Å². The van der Waals surface area contributed by atoms with Crippen LogP contribution >= 0.6 is 0 Å². The van der Waals surface area contributed by atoms with Crippen molar-refractivity contribution in [1.82, 2.24) is 4.57 Å². The van der Waals surface area contributed by atoms with Crippen LogP contribution in [0, 0.1) is 0 Å². The Bertz CT molecular complexity index is 1030. The molecule has 144 valence electrons. The van der Waals surface area contributed by atoms with Crippen molar-refractivity contribution >= 4 is 29.3 Å². The van der Waals surface area contributed by atoms with E-state index in [1.165, 1.54) is 10.6 Å². The molecule has 3 rings (SSSR count). The molecule has 0 radical (unpaired) electrons. The van der Waals surface area contributed by atoms with Crippen LogP contribution in [-0.4, -0.2) is 28.5 Å². The van der Waals surface area contributed by atoms with Crippen molar-refractivity contribution in [2.45, 2.75) is 33.0 Å². The molecule has 0 unspecified atom stereocenters. The first-order valence-corrected chi connectivity index (χ1v) is 8.84. The third kappa shape index (κ3) is 4.11. The van der Waals surface area contributed by atoms with Crippen LogP contribution in [0.15, 0.2) is 54.6 Å². The largest absolute Gasteiger partial charge is 0.457 e. The Morgan fingerprint density at radius 3 is 2.39 bits per heavy atom. The molecule has 0 aliphatic heterocycles. The normalized spacial score (nSPS) is 11.2. The van der Waals surface area contributed by atoms with E-state index in [9.17, 15) is 14.4 Å². The van der Waals surface area contributed by atoms with E-state index in [1.54, 1.807) is 39.0 Å². The van der Waals surface area contributed by atoms with Gasteiger partial charge in [-0.25, -0.2) is 14.2 Å². The lowest BCUT2D eigenvalue weighted by atomic mass is 10.1. The van der Waals surface area contributed by atoms with E-state index in [1.807, 2.05) is 30.3 Å². The maximum Gasteiger partial charge on any atom is 0.419 e. The van der Waals surface area contributed by atoms with Crippen LogP contribution in [0.25, 0.3) is 10.9 Å². The van der Waals surface area contributed by atoms with Gasteiger partial charge < -0.3 is 9.47 Å². The van der Waals surface area contributed by atoms with Crippen LogP contribution in [0.5, 0.6) is 0 Å². The Balaban J connectivity index is 1.95. The van der Waals surface area contributed by atoms with Gasteiger partial charge in [-0.1, -0.05) is 36.4 Å². The molecule has 0 aliphatic carbocycles. The number of rotatable bonds is 4. The fourth-order valence-electron chi connectivity index (χ4n) is 2.83. The summed E-state index contributed by atoms with van der Waals surface area (Å²) in [5.74, 6) is -0.534. The third-order valence-electron chi connectivity index (χ3n) is 4.00. The van der Waals surface area contributed by atoms with Crippen LogP contribution in [0.1, 0.15) is 47.2 Å². The lowest BCUT2D eigenvalue weighted by Gasteiger charge is -2.20. The second-order valence-electron chi connectivity index (χ2n) is 7.30. The lowest BCUT2D eigenvalue weighted by Crippen LogP contribution is -2.27. The van der Waals surface area contributed by atoms with Crippen molar-refractivity contribution in [1.29, 1.82) is 0 Å². The zero-order valence-corrected chi connectivity index (χ0v) is 16.0. The van der Waals surface area contributed by atoms with Gasteiger partial charge in [0.05, 0.1) is 16.8 Å². The number of aromatic nitrogens is 1. The highest BCUT2D eigenvalue weighted by Gasteiger charge is 2.24. The van der Waals surface area contributed by atoms with E-state index in [4.69, 9.17) is 9.47 Å². The fourth-order valence-corrected chi connectivity index (χ4v) is 2.83. The molecule has 0 amide bonds. The van der Waals surface area contributed by atoms with Crippen molar-refractivity contribution in [2.75, 3.05) is 0 Å². The number of fused-ring (bicyclic) bond motifs is 1. The second-order valence-corrected chi connectivity index (χ2v) is 7.30. The summed E-state index contributed by atoms with van der Waals surface area (Å²) < 4.78 is 11.9. The molecule has 0 atom stereocenters. The Morgan fingerprint density at radius 1 is 1.04 bits per heavy atom. The minimum Gasteiger partial charge on any atom is -0.457 e. The molecule has 2 aromatic carbocycles. The Kier molecular flexibility index (Phi) is 5.31. The number of aldehydes is 1. The zero-order valence-electron chi connectivity index (χ0n) is 16.0. The van der Waals surface area contributed by atoms with Gasteiger partial charge in [-0.3, -0.25) is 4.79 Å².